The van der Waals surface area contributed by atoms with Gasteiger partial charge in [-0.2, -0.15) is 5.10 Å². The van der Waals surface area contributed by atoms with Crippen molar-refractivity contribution in [2.45, 2.75) is 0 Å². The summed E-state index contributed by atoms with van der Waals surface area (Å²) in [4.78, 5) is 5.88. The van der Waals surface area contributed by atoms with E-state index in [2.05, 4.69) is 15.5 Å². The zero-order valence-corrected chi connectivity index (χ0v) is 4.78. The van der Waals surface area contributed by atoms with Crippen LogP contribution in [0.2, 0.25) is 0 Å². The fraction of sp³-hybridized carbons (Fsp3) is 0.200. The maximum atomic E-state index is 3.95. The van der Waals surface area contributed by atoms with Crippen molar-refractivity contribution in [2.75, 3.05) is 6.67 Å². The van der Waals surface area contributed by atoms with Crippen LogP contribution >= 0.6 is 0 Å². The number of hydrogen-bond donors (Lipinski definition) is 1. The summed E-state index contributed by atoms with van der Waals surface area (Å²) < 4.78 is 0. The highest BCUT2D eigenvalue weighted by molar-refractivity contribution is 6.30. The Hall–Kier alpha value is -1.32. The van der Waals surface area contributed by atoms with E-state index in [1.54, 1.807) is 12.4 Å². The molecule has 0 atom stereocenters. The summed E-state index contributed by atoms with van der Waals surface area (Å²) in [7, 11) is 0. The number of hydrazone groups is 1. The highest BCUT2D eigenvalue weighted by Gasteiger charge is 2.12. The van der Waals surface area contributed by atoms with Gasteiger partial charge in [0.2, 0.25) is 0 Å². The smallest absolute Gasteiger partial charge is 0.172 e. The lowest BCUT2D eigenvalue weighted by Gasteiger charge is -2.11. The molecule has 0 aromatic heterocycles. The Labute approximate surface area is 52.6 Å². The number of hydrogen-bond acceptors (Lipinski definition) is 4. The average Bonchev–Trinajstić information content (AvgIpc) is 2.33. The summed E-state index contributed by atoms with van der Waals surface area (Å²) in [6, 6.07) is 0. The first-order valence-electron chi connectivity index (χ1n) is 2.74. The maximum Gasteiger partial charge on any atom is 0.172 e. The predicted octanol–water partition coefficient (Wildman–Crippen LogP) is -0.282. The summed E-state index contributed by atoms with van der Waals surface area (Å²) in [6.07, 6.45) is 5.35. The molecule has 0 spiro atoms. The van der Waals surface area contributed by atoms with Crippen LogP contribution in [0, 0.1) is 0 Å². The predicted molar refractivity (Wildman–Crippen MR) is 34.9 cm³/mol. The normalized spacial score (nSPS) is 21.3. The minimum atomic E-state index is 0.762. The highest BCUT2D eigenvalue weighted by Crippen LogP contribution is 2.00. The third-order valence-corrected chi connectivity index (χ3v) is 1.25. The summed E-state index contributed by atoms with van der Waals surface area (Å²) in [5, 5.41) is 3.95. The number of aliphatic imine (C=N–C) groups is 1. The van der Waals surface area contributed by atoms with Gasteiger partial charge >= 0.3 is 0 Å². The second-order valence-electron chi connectivity index (χ2n) is 1.83. The third kappa shape index (κ3) is 0.595. The van der Waals surface area contributed by atoms with Gasteiger partial charge in [-0.1, -0.05) is 0 Å². The first kappa shape index (κ1) is 4.55. The highest BCUT2D eigenvalue weighted by atomic mass is 15.5. The Balaban J connectivity index is 2.33. The minimum absolute atomic E-state index is 0.762. The lowest BCUT2D eigenvalue weighted by Crippen LogP contribution is -2.25. The molecule has 0 amide bonds. The molecule has 0 unspecified atom stereocenters. The van der Waals surface area contributed by atoms with Gasteiger partial charge < -0.3 is 4.90 Å². The van der Waals surface area contributed by atoms with Crippen LogP contribution in [0.5, 0.6) is 0 Å². The molecule has 0 saturated carbocycles. The van der Waals surface area contributed by atoms with Crippen LogP contribution in [0.15, 0.2) is 22.5 Å². The van der Waals surface area contributed by atoms with Gasteiger partial charge in [-0.15, -0.1) is 0 Å². The van der Waals surface area contributed by atoms with Crippen LogP contribution in [-0.2, 0) is 0 Å². The van der Waals surface area contributed by atoms with Gasteiger partial charge in [0, 0.05) is 12.4 Å². The van der Waals surface area contributed by atoms with Gasteiger partial charge in [-0.3, -0.25) is 10.4 Å². The molecule has 2 heterocycles. The Bertz CT molecular complexity index is 200. The minimum Gasteiger partial charge on any atom is -0.309 e. The molecular formula is C5H6N4. The SMILES string of the molecule is C1=CN2CNN=C2C=N1. The van der Waals surface area contributed by atoms with Crippen molar-refractivity contribution in [1.29, 1.82) is 0 Å². The van der Waals surface area contributed by atoms with Gasteiger partial charge in [-0.05, 0) is 0 Å². The van der Waals surface area contributed by atoms with Crippen LogP contribution in [0.1, 0.15) is 0 Å². The summed E-state index contributed by atoms with van der Waals surface area (Å²) >= 11 is 0. The second-order valence-corrected chi connectivity index (χ2v) is 1.83. The Morgan fingerprint density at radius 2 is 2.67 bits per heavy atom. The first-order valence-corrected chi connectivity index (χ1v) is 2.74. The van der Waals surface area contributed by atoms with E-state index in [0.717, 1.165) is 12.5 Å². The Kier molecular flexibility index (Phi) is 0.798. The summed E-state index contributed by atoms with van der Waals surface area (Å²) in [5.74, 6) is 0.887. The molecule has 0 aliphatic carbocycles. The van der Waals surface area contributed by atoms with Crippen molar-refractivity contribution in [2.24, 2.45) is 10.1 Å². The van der Waals surface area contributed by atoms with Gasteiger partial charge in [0.15, 0.2) is 5.84 Å². The Morgan fingerprint density at radius 1 is 1.67 bits per heavy atom. The number of rotatable bonds is 0. The number of amidine groups is 1. The number of fused-ring (bicyclic) bond motifs is 1. The van der Waals surface area contributed by atoms with Crippen LogP contribution in [0.3, 0.4) is 0 Å². The molecule has 2 aliphatic heterocycles. The molecule has 2 rings (SSSR count). The molecule has 1 N–H and O–H groups in total. The van der Waals surface area contributed by atoms with Crippen LogP contribution in [-0.4, -0.2) is 23.6 Å². The van der Waals surface area contributed by atoms with Gasteiger partial charge in [0.25, 0.3) is 0 Å². The van der Waals surface area contributed by atoms with Crippen LogP contribution in [0.4, 0.5) is 0 Å². The summed E-state index contributed by atoms with van der Waals surface area (Å²) in [5.41, 5.74) is 2.84. The van der Waals surface area contributed by atoms with Crippen molar-refractivity contribution in [3.05, 3.63) is 12.4 Å². The molecule has 0 aromatic rings. The van der Waals surface area contributed by atoms with E-state index in [1.165, 1.54) is 0 Å². The van der Waals surface area contributed by atoms with Crippen molar-refractivity contribution < 1.29 is 0 Å². The average molecular weight is 122 g/mol. The second kappa shape index (κ2) is 1.58. The molecule has 2 aliphatic rings. The van der Waals surface area contributed by atoms with Gasteiger partial charge in [-0.25, -0.2) is 0 Å². The number of nitrogens with zero attached hydrogens (tertiary/aromatic N) is 3. The fourth-order valence-electron chi connectivity index (χ4n) is 0.799. The van der Waals surface area contributed by atoms with Crippen LogP contribution in [0.25, 0.3) is 0 Å². The zero-order valence-electron chi connectivity index (χ0n) is 4.78. The molecule has 46 valence electrons. The zero-order chi connectivity index (χ0) is 6.10. The fourth-order valence-corrected chi connectivity index (χ4v) is 0.799. The molecule has 0 aromatic carbocycles. The van der Waals surface area contributed by atoms with Crippen molar-refractivity contribution >= 4 is 12.1 Å². The standard InChI is InChI=1S/C5H6N4/c1-2-9-4-7-8-5(9)3-6-1/h1-3,7H,4H2. The van der Waals surface area contributed by atoms with E-state index >= 15 is 0 Å². The van der Waals surface area contributed by atoms with Crippen molar-refractivity contribution in [3.8, 4) is 0 Å². The molecule has 9 heavy (non-hydrogen) atoms. The quantitative estimate of drug-likeness (QED) is 0.480. The monoisotopic (exact) mass is 122 g/mol. The molecule has 4 nitrogen and oxygen atoms in total. The van der Waals surface area contributed by atoms with E-state index in [1.807, 2.05) is 11.1 Å². The van der Waals surface area contributed by atoms with Crippen molar-refractivity contribution in [3.63, 3.8) is 0 Å². The van der Waals surface area contributed by atoms with Crippen molar-refractivity contribution in [1.82, 2.24) is 10.3 Å². The van der Waals surface area contributed by atoms with E-state index in [-0.39, 0.29) is 0 Å². The van der Waals surface area contributed by atoms with E-state index < -0.39 is 0 Å². The topological polar surface area (TPSA) is 40.0 Å². The lowest BCUT2D eigenvalue weighted by molar-refractivity contribution is 0.551. The van der Waals surface area contributed by atoms with Gasteiger partial charge in [0.05, 0.1) is 6.21 Å². The first-order chi connectivity index (χ1) is 4.47. The molecule has 4 heteroatoms. The van der Waals surface area contributed by atoms with Crippen LogP contribution < -0.4 is 5.43 Å². The molecule has 0 fully saturated rings. The van der Waals surface area contributed by atoms with E-state index in [4.69, 9.17) is 0 Å². The molecular weight excluding hydrogens is 116 g/mol. The Morgan fingerprint density at radius 3 is 3.56 bits per heavy atom. The maximum absolute atomic E-state index is 3.95. The largest absolute Gasteiger partial charge is 0.309 e. The van der Waals surface area contributed by atoms with E-state index in [9.17, 15) is 0 Å². The lowest BCUT2D eigenvalue weighted by atomic mass is 10.5. The van der Waals surface area contributed by atoms with E-state index in [0.29, 0.717) is 0 Å². The molecule has 0 saturated heterocycles. The molecule has 0 radical (unpaired) electrons. The third-order valence-electron chi connectivity index (χ3n) is 1.25. The molecule has 0 bridgehead atoms. The summed E-state index contributed by atoms with van der Waals surface area (Å²) in [6.45, 7) is 0.762. The number of nitrogens with one attached hydrogen (secondary N) is 1. The van der Waals surface area contributed by atoms with Gasteiger partial charge in [0.1, 0.15) is 6.67 Å².